The van der Waals surface area contributed by atoms with Crippen LogP contribution in [0, 0.1) is 11.2 Å². The van der Waals surface area contributed by atoms with Gasteiger partial charge in [0.15, 0.2) is 11.4 Å². The van der Waals surface area contributed by atoms with E-state index >= 15 is 0 Å². The molecule has 4 aromatic rings. The lowest BCUT2D eigenvalue weighted by atomic mass is 9.85. The van der Waals surface area contributed by atoms with Gasteiger partial charge in [-0.1, -0.05) is 81.8 Å². The van der Waals surface area contributed by atoms with Crippen LogP contribution in [0.15, 0.2) is 79.1 Å². The molecule has 0 bridgehead atoms. The van der Waals surface area contributed by atoms with Gasteiger partial charge < -0.3 is 15.0 Å². The number of pyridine rings is 1. The Morgan fingerprint density at radius 3 is 2.32 bits per heavy atom. The minimum atomic E-state index is -1.04. The lowest BCUT2D eigenvalue weighted by molar-refractivity contribution is 0.0155. The van der Waals surface area contributed by atoms with Gasteiger partial charge in [-0.3, -0.25) is 4.98 Å². The summed E-state index contributed by atoms with van der Waals surface area (Å²) in [4.78, 5) is 25.2. The van der Waals surface area contributed by atoms with Crippen LogP contribution >= 0.6 is 0 Å². The molecule has 0 aliphatic rings. The van der Waals surface area contributed by atoms with Gasteiger partial charge in [0.1, 0.15) is 5.82 Å². The van der Waals surface area contributed by atoms with Crippen LogP contribution in [-0.2, 0) is 29.7 Å². The molecule has 2 heterocycles. The number of hydrogen-bond acceptors (Lipinski definition) is 4. The number of alkyl carbamates (subject to hydrolysis) is 1. The van der Waals surface area contributed by atoms with Crippen LogP contribution in [0.2, 0.25) is 0 Å². The number of imidazole rings is 1. The van der Waals surface area contributed by atoms with E-state index in [1.807, 2.05) is 67.7 Å². The third-order valence-electron chi connectivity index (χ3n) is 6.87. The number of benzene rings is 2. The van der Waals surface area contributed by atoms with Crippen LogP contribution in [0.5, 0.6) is 0 Å². The minimum Gasteiger partial charge on any atom is -0.435 e. The summed E-state index contributed by atoms with van der Waals surface area (Å²) >= 11 is 0. The Kier molecular flexibility index (Phi) is 8.25. The second-order valence-corrected chi connectivity index (χ2v) is 10.6. The lowest BCUT2D eigenvalue weighted by Crippen LogP contribution is -2.37. The number of rotatable bonds is 10. The van der Waals surface area contributed by atoms with Crippen LogP contribution in [0.25, 0.3) is 11.3 Å². The fraction of sp³-hybridized carbons (Fsp3) is 0.323. The second kappa shape index (κ2) is 11.6. The van der Waals surface area contributed by atoms with Crippen molar-refractivity contribution < 1.29 is 13.9 Å². The number of hydrogen-bond donors (Lipinski definition) is 2. The van der Waals surface area contributed by atoms with E-state index in [9.17, 15) is 9.18 Å². The first-order chi connectivity index (χ1) is 18.2. The van der Waals surface area contributed by atoms with Crippen LogP contribution in [0.3, 0.4) is 0 Å². The number of aromatic amines is 1. The van der Waals surface area contributed by atoms with Crippen molar-refractivity contribution in [2.45, 2.75) is 59.1 Å². The summed E-state index contributed by atoms with van der Waals surface area (Å²) in [5.41, 5.74) is 3.59. The molecule has 0 aliphatic heterocycles. The van der Waals surface area contributed by atoms with E-state index in [0.717, 1.165) is 35.2 Å². The second-order valence-electron chi connectivity index (χ2n) is 10.6. The number of aromatic nitrogens is 3. The number of nitrogens with one attached hydrogen (secondary N) is 2. The highest BCUT2D eigenvalue weighted by atomic mass is 19.1. The van der Waals surface area contributed by atoms with Crippen molar-refractivity contribution in [2.75, 3.05) is 0 Å². The first-order valence-electron chi connectivity index (χ1n) is 12.9. The Morgan fingerprint density at radius 2 is 1.66 bits per heavy atom. The Hall–Kier alpha value is -4.00. The zero-order valence-electron chi connectivity index (χ0n) is 22.4. The first kappa shape index (κ1) is 27.0. The lowest BCUT2D eigenvalue weighted by Gasteiger charge is -2.28. The van der Waals surface area contributed by atoms with Crippen LogP contribution in [0.4, 0.5) is 9.18 Å². The Morgan fingerprint density at radius 1 is 0.921 bits per heavy atom. The predicted molar refractivity (Wildman–Crippen MR) is 147 cm³/mol. The van der Waals surface area contributed by atoms with E-state index in [1.165, 1.54) is 12.3 Å². The summed E-state index contributed by atoms with van der Waals surface area (Å²) in [5.74, 6) is 0.225. The molecular formula is C31H35FN4O2. The number of carbonyl (C=O) groups is 1. The molecule has 1 amide bonds. The molecule has 6 nitrogen and oxygen atoms in total. The molecule has 38 heavy (non-hydrogen) atoms. The third-order valence-corrected chi connectivity index (χ3v) is 6.87. The van der Waals surface area contributed by atoms with Crippen molar-refractivity contribution in [3.63, 3.8) is 0 Å². The maximum Gasteiger partial charge on any atom is 0.408 e. The van der Waals surface area contributed by atoms with Crippen molar-refractivity contribution in [1.29, 1.82) is 0 Å². The summed E-state index contributed by atoms with van der Waals surface area (Å²) in [7, 11) is 0. The summed E-state index contributed by atoms with van der Waals surface area (Å²) in [6.45, 7) is 8.85. The van der Waals surface area contributed by atoms with E-state index in [-0.39, 0.29) is 11.2 Å². The van der Waals surface area contributed by atoms with Crippen molar-refractivity contribution >= 4 is 6.09 Å². The van der Waals surface area contributed by atoms with Gasteiger partial charge in [-0.05, 0) is 42.0 Å². The minimum absolute atomic E-state index is 0.123. The Labute approximate surface area is 223 Å². The number of nitrogens with zero attached hydrogens (tertiary/aromatic N) is 2. The maximum atomic E-state index is 13.3. The van der Waals surface area contributed by atoms with E-state index in [1.54, 1.807) is 6.07 Å². The molecule has 0 spiro atoms. The topological polar surface area (TPSA) is 79.9 Å². The SMILES string of the molecule is CCC(C)(C)Cc1cnc(C(C)(Cc2ccc(-c3ccc(F)cn3)cc2)OC(=O)NCc2ccccc2)[nH]1. The Bertz CT molecular complexity index is 1330. The van der Waals surface area contributed by atoms with Gasteiger partial charge in [-0.15, -0.1) is 0 Å². The summed E-state index contributed by atoms with van der Waals surface area (Å²) in [5, 5.41) is 2.86. The van der Waals surface area contributed by atoms with Crippen LogP contribution in [-0.4, -0.2) is 21.0 Å². The monoisotopic (exact) mass is 514 g/mol. The maximum absolute atomic E-state index is 13.3. The average Bonchev–Trinajstić information content (AvgIpc) is 3.38. The van der Waals surface area contributed by atoms with E-state index in [2.05, 4.69) is 41.0 Å². The number of ether oxygens (including phenoxy) is 1. The van der Waals surface area contributed by atoms with E-state index in [0.29, 0.717) is 24.5 Å². The summed E-state index contributed by atoms with van der Waals surface area (Å²) in [6, 6.07) is 20.5. The number of H-pyrrole nitrogens is 1. The van der Waals surface area contributed by atoms with Gasteiger partial charge in [0.25, 0.3) is 0 Å². The molecular weight excluding hydrogens is 479 g/mol. The van der Waals surface area contributed by atoms with Crippen molar-refractivity contribution in [3.05, 3.63) is 108 Å². The van der Waals surface area contributed by atoms with Gasteiger partial charge in [0.2, 0.25) is 0 Å². The number of halogens is 1. The van der Waals surface area contributed by atoms with E-state index in [4.69, 9.17) is 4.74 Å². The highest BCUT2D eigenvalue weighted by Gasteiger charge is 2.35. The predicted octanol–water partition coefficient (Wildman–Crippen LogP) is 6.97. The summed E-state index contributed by atoms with van der Waals surface area (Å²) in [6.07, 6.45) is 4.80. The molecule has 198 valence electrons. The molecule has 0 aliphatic carbocycles. The molecule has 2 aromatic carbocycles. The fourth-order valence-electron chi connectivity index (χ4n) is 4.27. The average molecular weight is 515 g/mol. The summed E-state index contributed by atoms with van der Waals surface area (Å²) < 4.78 is 19.3. The van der Waals surface area contributed by atoms with Gasteiger partial charge in [-0.25, -0.2) is 14.2 Å². The Balaban J connectivity index is 1.55. The first-order valence-corrected chi connectivity index (χ1v) is 12.9. The molecule has 4 rings (SSSR count). The smallest absolute Gasteiger partial charge is 0.408 e. The zero-order chi connectivity index (χ0) is 27.2. The van der Waals surface area contributed by atoms with Gasteiger partial charge in [-0.2, -0.15) is 0 Å². The van der Waals surface area contributed by atoms with Crippen LogP contribution < -0.4 is 5.32 Å². The molecule has 0 fully saturated rings. The van der Waals surface area contributed by atoms with Crippen molar-refractivity contribution in [1.82, 2.24) is 20.3 Å². The molecule has 7 heteroatoms. The van der Waals surface area contributed by atoms with Crippen molar-refractivity contribution in [3.8, 4) is 11.3 Å². The molecule has 2 N–H and O–H groups in total. The zero-order valence-corrected chi connectivity index (χ0v) is 22.4. The van der Waals surface area contributed by atoms with Crippen molar-refractivity contribution in [2.24, 2.45) is 5.41 Å². The molecule has 1 unspecified atom stereocenters. The van der Waals surface area contributed by atoms with Gasteiger partial charge in [0, 0.05) is 30.4 Å². The standard InChI is InChI=1S/C31H35FN4O2/c1-5-30(2,3)18-26-21-34-28(36-26)31(4,38-29(37)35-19-23-9-7-6-8-10-23)17-22-11-13-24(14-12-22)27-16-15-25(32)20-33-27/h6-16,20-21H,5,17-19H2,1-4H3,(H,34,36)(H,35,37). The fourth-order valence-corrected chi connectivity index (χ4v) is 4.27. The van der Waals surface area contributed by atoms with Gasteiger partial charge in [0.05, 0.1) is 11.9 Å². The number of amides is 1. The molecule has 1 atom stereocenters. The van der Waals surface area contributed by atoms with Crippen LogP contribution in [0.1, 0.15) is 56.8 Å². The molecule has 0 radical (unpaired) electrons. The molecule has 0 saturated carbocycles. The quantitative estimate of drug-likeness (QED) is 0.239. The highest BCUT2D eigenvalue weighted by Crippen LogP contribution is 2.31. The van der Waals surface area contributed by atoms with Gasteiger partial charge >= 0.3 is 6.09 Å². The number of carbonyl (C=O) groups excluding carboxylic acids is 1. The molecule has 2 aromatic heterocycles. The largest absolute Gasteiger partial charge is 0.435 e. The third kappa shape index (κ3) is 7.06. The molecule has 0 saturated heterocycles. The van der Waals surface area contributed by atoms with E-state index < -0.39 is 11.7 Å². The normalized spacial score (nSPS) is 13.1. The highest BCUT2D eigenvalue weighted by molar-refractivity contribution is 5.68.